The first kappa shape index (κ1) is 19.2. The molecule has 0 aromatic heterocycles. The van der Waals surface area contributed by atoms with E-state index in [1.54, 1.807) is 0 Å². The van der Waals surface area contributed by atoms with Gasteiger partial charge in [0, 0.05) is 44.5 Å². The lowest BCUT2D eigenvalue weighted by Gasteiger charge is -2.42. The molecule has 2 aliphatic rings. The van der Waals surface area contributed by atoms with Crippen molar-refractivity contribution in [2.75, 3.05) is 33.4 Å². The van der Waals surface area contributed by atoms with Crippen LogP contribution in [0.15, 0.2) is 18.2 Å². The molecule has 0 bridgehead atoms. The van der Waals surface area contributed by atoms with E-state index in [-0.39, 0.29) is 24.7 Å². The third-order valence-electron chi connectivity index (χ3n) is 5.42. The molecule has 2 saturated heterocycles. The third kappa shape index (κ3) is 4.05. The van der Waals surface area contributed by atoms with Crippen molar-refractivity contribution in [3.05, 3.63) is 35.4 Å². The van der Waals surface area contributed by atoms with Gasteiger partial charge in [0.15, 0.2) is 17.2 Å². The average Bonchev–Trinajstić information content (AvgIpc) is 2.63. The second-order valence-electron chi connectivity index (χ2n) is 7.33. The normalized spacial score (nSPS) is 25.1. The third-order valence-corrected chi connectivity index (χ3v) is 5.42. The maximum absolute atomic E-state index is 13.9. The Kier molecular flexibility index (Phi) is 5.89. The fraction of sp³-hybridized carbons (Fsp3) is 0.632. The molecule has 1 aromatic rings. The zero-order chi connectivity index (χ0) is 18.7. The van der Waals surface area contributed by atoms with Crippen LogP contribution in [0, 0.1) is 11.6 Å². The lowest BCUT2D eigenvalue weighted by molar-refractivity contribution is -0.161. The van der Waals surface area contributed by atoms with E-state index in [0.717, 1.165) is 18.9 Å². The summed E-state index contributed by atoms with van der Waals surface area (Å²) >= 11 is 0. The number of hydrogen-bond acceptors (Lipinski definition) is 4. The molecule has 1 unspecified atom stereocenters. The number of carbonyl (C=O) groups is 1. The molecule has 26 heavy (non-hydrogen) atoms. The number of rotatable bonds is 5. The van der Waals surface area contributed by atoms with Gasteiger partial charge in [-0.15, -0.1) is 0 Å². The summed E-state index contributed by atoms with van der Waals surface area (Å²) in [7, 11) is 1.91. The maximum atomic E-state index is 13.9. The van der Waals surface area contributed by atoms with Gasteiger partial charge in [-0.25, -0.2) is 8.78 Å². The molecule has 7 heteroatoms. The van der Waals surface area contributed by atoms with Crippen LogP contribution in [0.1, 0.15) is 31.2 Å². The lowest BCUT2D eigenvalue weighted by Crippen LogP contribution is -2.59. The van der Waals surface area contributed by atoms with Crippen molar-refractivity contribution in [2.45, 2.75) is 43.9 Å². The number of hydrogen-bond donors (Lipinski definition) is 1. The lowest BCUT2D eigenvalue weighted by atomic mass is 9.90. The molecule has 0 radical (unpaired) electrons. The summed E-state index contributed by atoms with van der Waals surface area (Å²) < 4.78 is 32.7. The number of likely N-dealkylation sites (N-methyl/N-ethyl adjacent to an activating group) is 1. The van der Waals surface area contributed by atoms with Gasteiger partial charge in [-0.3, -0.25) is 9.69 Å². The number of ether oxygens (including phenoxy) is 1. The van der Waals surface area contributed by atoms with Crippen LogP contribution >= 0.6 is 0 Å². The SMILES string of the molecule is CN(CC1(O)CCCN(Cc2cccc(F)c2F)C1=O)C1CCOCC1. The predicted octanol–water partition coefficient (Wildman–Crippen LogP) is 1.93. The summed E-state index contributed by atoms with van der Waals surface area (Å²) in [6.07, 6.45) is 2.75. The van der Waals surface area contributed by atoms with E-state index in [1.807, 2.05) is 11.9 Å². The molecule has 144 valence electrons. The predicted molar refractivity (Wildman–Crippen MR) is 92.4 cm³/mol. The summed E-state index contributed by atoms with van der Waals surface area (Å²) in [4.78, 5) is 16.3. The Morgan fingerprint density at radius 2 is 2.08 bits per heavy atom. The Morgan fingerprint density at radius 1 is 1.35 bits per heavy atom. The zero-order valence-corrected chi connectivity index (χ0v) is 15.1. The van der Waals surface area contributed by atoms with Crippen LogP contribution in [0.4, 0.5) is 8.78 Å². The highest BCUT2D eigenvalue weighted by molar-refractivity contribution is 5.86. The number of carbonyl (C=O) groups excluding carboxylic acids is 1. The minimum atomic E-state index is -1.49. The Hall–Kier alpha value is -1.57. The fourth-order valence-corrected chi connectivity index (χ4v) is 3.91. The number of halogens is 2. The van der Waals surface area contributed by atoms with E-state index >= 15 is 0 Å². The first-order chi connectivity index (χ1) is 12.4. The maximum Gasteiger partial charge on any atom is 0.256 e. The number of benzene rings is 1. The van der Waals surface area contributed by atoms with Crippen molar-refractivity contribution in [1.29, 1.82) is 0 Å². The van der Waals surface area contributed by atoms with E-state index < -0.39 is 23.1 Å². The van der Waals surface area contributed by atoms with Gasteiger partial charge in [0.05, 0.1) is 0 Å². The van der Waals surface area contributed by atoms with Crippen LogP contribution in [0.2, 0.25) is 0 Å². The second-order valence-corrected chi connectivity index (χ2v) is 7.33. The molecule has 2 aliphatic heterocycles. The van der Waals surface area contributed by atoms with E-state index in [1.165, 1.54) is 17.0 Å². The largest absolute Gasteiger partial charge is 0.381 e. The first-order valence-corrected chi connectivity index (χ1v) is 9.13. The Labute approximate surface area is 152 Å². The van der Waals surface area contributed by atoms with Crippen LogP contribution in [-0.4, -0.2) is 65.8 Å². The summed E-state index contributed by atoms with van der Waals surface area (Å²) in [5.74, 6) is -2.28. The van der Waals surface area contributed by atoms with Gasteiger partial charge in [0.25, 0.3) is 5.91 Å². The van der Waals surface area contributed by atoms with Gasteiger partial charge in [0.1, 0.15) is 0 Å². The van der Waals surface area contributed by atoms with Gasteiger partial charge in [-0.05, 0) is 38.8 Å². The number of amides is 1. The molecule has 1 N–H and O–H groups in total. The zero-order valence-electron chi connectivity index (χ0n) is 15.1. The summed E-state index contributed by atoms with van der Waals surface area (Å²) in [5, 5.41) is 11.0. The molecule has 1 aromatic carbocycles. The quantitative estimate of drug-likeness (QED) is 0.863. The molecule has 3 rings (SSSR count). The van der Waals surface area contributed by atoms with E-state index in [0.29, 0.717) is 32.6 Å². The summed E-state index contributed by atoms with van der Waals surface area (Å²) in [6.45, 7) is 2.00. The van der Waals surface area contributed by atoms with Gasteiger partial charge in [-0.1, -0.05) is 12.1 Å². The van der Waals surface area contributed by atoms with Crippen LogP contribution in [0.25, 0.3) is 0 Å². The van der Waals surface area contributed by atoms with Crippen molar-refractivity contribution in [3.63, 3.8) is 0 Å². The van der Waals surface area contributed by atoms with Crippen LogP contribution in [-0.2, 0) is 16.1 Å². The molecular weight excluding hydrogens is 342 g/mol. The van der Waals surface area contributed by atoms with Crippen LogP contribution in [0.3, 0.4) is 0 Å². The molecule has 5 nitrogen and oxygen atoms in total. The van der Waals surface area contributed by atoms with Crippen molar-refractivity contribution in [3.8, 4) is 0 Å². The number of aliphatic hydroxyl groups is 1. The van der Waals surface area contributed by atoms with Crippen LogP contribution < -0.4 is 0 Å². The van der Waals surface area contributed by atoms with E-state index in [2.05, 4.69) is 0 Å². The van der Waals surface area contributed by atoms with Gasteiger partial charge < -0.3 is 14.7 Å². The minimum Gasteiger partial charge on any atom is -0.381 e. The van der Waals surface area contributed by atoms with Crippen molar-refractivity contribution in [1.82, 2.24) is 9.80 Å². The van der Waals surface area contributed by atoms with Crippen molar-refractivity contribution in [2.24, 2.45) is 0 Å². The molecule has 0 spiro atoms. The Morgan fingerprint density at radius 3 is 2.81 bits per heavy atom. The highest BCUT2D eigenvalue weighted by Crippen LogP contribution is 2.27. The van der Waals surface area contributed by atoms with Gasteiger partial charge in [-0.2, -0.15) is 0 Å². The monoisotopic (exact) mass is 368 g/mol. The highest BCUT2D eigenvalue weighted by atomic mass is 19.2. The standard InChI is InChI=1S/C19H26F2N2O3/c1-22(15-6-10-26-11-7-15)13-19(25)8-3-9-23(18(19)24)12-14-4-2-5-16(20)17(14)21/h2,4-5,15,25H,3,6-13H2,1H3. The van der Waals surface area contributed by atoms with Crippen molar-refractivity contribution >= 4 is 5.91 Å². The topological polar surface area (TPSA) is 53.0 Å². The highest BCUT2D eigenvalue weighted by Gasteiger charge is 2.43. The van der Waals surface area contributed by atoms with E-state index in [4.69, 9.17) is 4.74 Å². The smallest absolute Gasteiger partial charge is 0.256 e. The van der Waals surface area contributed by atoms with Gasteiger partial charge >= 0.3 is 0 Å². The molecule has 0 saturated carbocycles. The van der Waals surface area contributed by atoms with E-state index in [9.17, 15) is 18.7 Å². The van der Waals surface area contributed by atoms with Crippen molar-refractivity contribution < 1.29 is 23.4 Å². The average molecular weight is 368 g/mol. The minimum absolute atomic E-state index is 0.0360. The molecule has 1 amide bonds. The summed E-state index contributed by atoms with van der Waals surface area (Å²) in [6, 6.07) is 4.22. The molecule has 2 fully saturated rings. The number of piperidine rings is 1. The molecule has 2 heterocycles. The summed E-state index contributed by atoms with van der Waals surface area (Å²) in [5.41, 5.74) is -1.37. The number of nitrogens with zero attached hydrogens (tertiary/aromatic N) is 2. The first-order valence-electron chi connectivity index (χ1n) is 9.13. The second kappa shape index (κ2) is 7.98. The fourth-order valence-electron chi connectivity index (χ4n) is 3.91. The Balaban J connectivity index is 1.68. The molecular formula is C19H26F2N2O3. The number of likely N-dealkylation sites (tertiary alicyclic amines) is 1. The van der Waals surface area contributed by atoms with Gasteiger partial charge in [0.2, 0.25) is 0 Å². The Bertz CT molecular complexity index is 652. The van der Waals surface area contributed by atoms with Crippen LogP contribution in [0.5, 0.6) is 0 Å². The molecule has 0 aliphatic carbocycles. The molecule has 1 atom stereocenters.